The van der Waals surface area contributed by atoms with E-state index in [1.165, 1.54) is 25.9 Å². The van der Waals surface area contributed by atoms with Gasteiger partial charge in [-0.05, 0) is 25.9 Å². The third kappa shape index (κ3) is 4.43. The highest BCUT2D eigenvalue weighted by molar-refractivity contribution is 5.18. The fourth-order valence-corrected chi connectivity index (χ4v) is 1.11. The second kappa shape index (κ2) is 5.64. The maximum absolute atomic E-state index is 11.8. The number of nitrogen functional groups attached to an aromatic ring is 1. The van der Waals surface area contributed by atoms with E-state index >= 15 is 0 Å². The maximum Gasteiger partial charge on any atom is 0.419 e. The fraction of sp³-hybridized carbons (Fsp3) is 0.556. The van der Waals surface area contributed by atoms with E-state index in [9.17, 15) is 13.2 Å². The molecular weight excluding hydrogens is 221 g/mol. The van der Waals surface area contributed by atoms with Crippen LogP contribution >= 0.6 is 0 Å². The monoisotopic (exact) mass is 234 g/mol. The summed E-state index contributed by atoms with van der Waals surface area (Å²) < 4.78 is 35.4. The Kier molecular flexibility index (Phi) is 4.48. The van der Waals surface area contributed by atoms with Crippen molar-refractivity contribution in [2.24, 2.45) is 0 Å². The summed E-state index contributed by atoms with van der Waals surface area (Å²) >= 11 is 0. The minimum absolute atomic E-state index is 0.169. The van der Waals surface area contributed by atoms with Gasteiger partial charge in [-0.3, -0.25) is 0 Å². The molecule has 1 aromatic heterocycles. The Morgan fingerprint density at radius 2 is 1.62 bits per heavy atom. The normalized spacial score (nSPS) is 15.4. The number of aromatic nitrogens is 2. The van der Waals surface area contributed by atoms with Crippen LogP contribution in [0, 0.1) is 0 Å². The maximum atomic E-state index is 11.8. The number of halogens is 3. The Morgan fingerprint density at radius 1 is 1.12 bits per heavy atom. The Labute approximate surface area is 91.1 Å². The molecule has 0 amide bonds. The summed E-state index contributed by atoms with van der Waals surface area (Å²) in [7, 11) is 0. The molecule has 1 fully saturated rings. The first-order chi connectivity index (χ1) is 7.50. The third-order valence-corrected chi connectivity index (χ3v) is 1.96. The van der Waals surface area contributed by atoms with Crippen LogP contribution in [0.4, 0.5) is 19.1 Å². The molecule has 0 saturated carbocycles. The molecule has 0 aliphatic carbocycles. The molecule has 2 heterocycles. The van der Waals surface area contributed by atoms with Gasteiger partial charge < -0.3 is 11.1 Å². The second-order valence-corrected chi connectivity index (χ2v) is 3.28. The summed E-state index contributed by atoms with van der Waals surface area (Å²) in [4.78, 5) is 6.38. The van der Waals surface area contributed by atoms with Crippen molar-refractivity contribution in [1.82, 2.24) is 15.3 Å². The predicted octanol–water partition coefficient (Wildman–Crippen LogP) is 1.45. The lowest BCUT2D eigenvalue weighted by atomic mass is 10.3. The second-order valence-electron chi connectivity index (χ2n) is 3.28. The molecule has 7 heteroatoms. The summed E-state index contributed by atoms with van der Waals surface area (Å²) in [6.07, 6.45) is -0.335. The van der Waals surface area contributed by atoms with Crippen molar-refractivity contribution in [3.63, 3.8) is 0 Å². The van der Waals surface area contributed by atoms with Crippen molar-refractivity contribution < 1.29 is 13.2 Å². The molecule has 1 aromatic rings. The summed E-state index contributed by atoms with van der Waals surface area (Å²) in [5, 5.41) is 3.22. The minimum Gasteiger partial charge on any atom is -0.368 e. The smallest absolute Gasteiger partial charge is 0.368 e. The standard InChI is InChI=1S/C5H4F3N3.C4H9N/c6-5(7,8)3-1-10-4(9)11-2-3;1-2-4-5-3-1/h1-2H,(H2,9,10,11);5H,1-4H2. The van der Waals surface area contributed by atoms with Gasteiger partial charge in [-0.25, -0.2) is 9.97 Å². The number of nitrogens with two attached hydrogens (primary N) is 1. The molecule has 90 valence electrons. The van der Waals surface area contributed by atoms with Crippen LogP contribution in [-0.4, -0.2) is 23.1 Å². The van der Waals surface area contributed by atoms with Gasteiger partial charge in [0.15, 0.2) is 0 Å². The molecule has 0 aromatic carbocycles. The Morgan fingerprint density at radius 3 is 1.94 bits per heavy atom. The first kappa shape index (κ1) is 12.7. The van der Waals surface area contributed by atoms with Crippen LogP contribution in [0.3, 0.4) is 0 Å². The van der Waals surface area contributed by atoms with Crippen molar-refractivity contribution in [2.75, 3.05) is 18.8 Å². The number of alkyl halides is 3. The zero-order valence-corrected chi connectivity index (χ0v) is 8.59. The van der Waals surface area contributed by atoms with Gasteiger partial charge in [0.1, 0.15) is 0 Å². The molecule has 4 nitrogen and oxygen atoms in total. The van der Waals surface area contributed by atoms with Crippen molar-refractivity contribution in [3.8, 4) is 0 Å². The van der Waals surface area contributed by atoms with Crippen LogP contribution < -0.4 is 11.1 Å². The van der Waals surface area contributed by atoms with E-state index in [4.69, 9.17) is 5.73 Å². The molecule has 2 rings (SSSR count). The molecule has 0 radical (unpaired) electrons. The lowest BCUT2D eigenvalue weighted by molar-refractivity contribution is -0.138. The quantitative estimate of drug-likeness (QED) is 0.713. The van der Waals surface area contributed by atoms with Crippen molar-refractivity contribution in [2.45, 2.75) is 19.0 Å². The molecule has 16 heavy (non-hydrogen) atoms. The highest BCUT2D eigenvalue weighted by Gasteiger charge is 2.31. The van der Waals surface area contributed by atoms with E-state index in [1.807, 2.05) is 0 Å². The minimum atomic E-state index is -4.40. The van der Waals surface area contributed by atoms with Crippen LogP contribution in [0.5, 0.6) is 0 Å². The van der Waals surface area contributed by atoms with E-state index in [-0.39, 0.29) is 5.95 Å². The SMILES string of the molecule is C1CCNC1.Nc1ncc(C(F)(F)F)cn1. The average molecular weight is 234 g/mol. The van der Waals surface area contributed by atoms with Crippen LogP contribution in [0.25, 0.3) is 0 Å². The van der Waals surface area contributed by atoms with E-state index in [2.05, 4.69) is 15.3 Å². The first-order valence-electron chi connectivity index (χ1n) is 4.85. The highest BCUT2D eigenvalue weighted by atomic mass is 19.4. The predicted molar refractivity (Wildman–Crippen MR) is 53.6 cm³/mol. The molecule has 0 unspecified atom stereocenters. The zero-order chi connectivity index (χ0) is 12.0. The Hall–Kier alpha value is -1.37. The average Bonchev–Trinajstić information content (AvgIpc) is 2.74. The largest absolute Gasteiger partial charge is 0.419 e. The van der Waals surface area contributed by atoms with Crippen molar-refractivity contribution in [1.29, 1.82) is 0 Å². The summed E-state index contributed by atoms with van der Waals surface area (Å²) in [5.41, 5.74) is 4.08. The molecule has 3 N–H and O–H groups in total. The van der Waals surface area contributed by atoms with Gasteiger partial charge in [0.25, 0.3) is 0 Å². The van der Waals surface area contributed by atoms with Gasteiger partial charge >= 0.3 is 6.18 Å². The van der Waals surface area contributed by atoms with E-state index in [0.717, 1.165) is 0 Å². The topological polar surface area (TPSA) is 63.8 Å². The fourth-order valence-electron chi connectivity index (χ4n) is 1.11. The number of hydrogen-bond donors (Lipinski definition) is 2. The van der Waals surface area contributed by atoms with E-state index < -0.39 is 11.7 Å². The number of anilines is 1. The van der Waals surface area contributed by atoms with Crippen LogP contribution in [0.15, 0.2) is 12.4 Å². The molecule has 0 atom stereocenters. The van der Waals surface area contributed by atoms with Crippen molar-refractivity contribution in [3.05, 3.63) is 18.0 Å². The molecule has 1 aliphatic rings. The lowest BCUT2D eigenvalue weighted by Crippen LogP contribution is -2.07. The molecule has 0 bridgehead atoms. The first-order valence-corrected chi connectivity index (χ1v) is 4.85. The zero-order valence-electron chi connectivity index (χ0n) is 8.59. The van der Waals surface area contributed by atoms with Crippen LogP contribution in [0.2, 0.25) is 0 Å². The number of nitrogens with zero attached hydrogens (tertiary/aromatic N) is 2. The summed E-state index contributed by atoms with van der Waals surface area (Å²) in [6, 6.07) is 0. The number of rotatable bonds is 0. The van der Waals surface area contributed by atoms with E-state index in [1.54, 1.807) is 0 Å². The number of hydrogen-bond acceptors (Lipinski definition) is 4. The lowest BCUT2D eigenvalue weighted by Gasteiger charge is -2.03. The van der Waals surface area contributed by atoms with Gasteiger partial charge in [-0.2, -0.15) is 13.2 Å². The van der Waals surface area contributed by atoms with Crippen LogP contribution in [-0.2, 0) is 6.18 Å². The molecular formula is C9H13F3N4. The third-order valence-electron chi connectivity index (χ3n) is 1.96. The molecule has 1 saturated heterocycles. The van der Waals surface area contributed by atoms with Gasteiger partial charge in [-0.1, -0.05) is 0 Å². The van der Waals surface area contributed by atoms with Crippen LogP contribution in [0.1, 0.15) is 18.4 Å². The van der Waals surface area contributed by atoms with Gasteiger partial charge in [0.05, 0.1) is 5.56 Å². The van der Waals surface area contributed by atoms with Gasteiger partial charge in [-0.15, -0.1) is 0 Å². The number of nitrogens with one attached hydrogen (secondary N) is 1. The van der Waals surface area contributed by atoms with Crippen molar-refractivity contribution >= 4 is 5.95 Å². The van der Waals surface area contributed by atoms with E-state index in [0.29, 0.717) is 12.4 Å². The Balaban J connectivity index is 0.000000212. The summed E-state index contributed by atoms with van der Waals surface area (Å²) in [6.45, 7) is 2.50. The van der Waals surface area contributed by atoms with Gasteiger partial charge in [0, 0.05) is 12.4 Å². The summed E-state index contributed by atoms with van der Waals surface area (Å²) in [5.74, 6) is -0.169. The molecule has 0 spiro atoms. The Bertz CT molecular complexity index is 298. The van der Waals surface area contributed by atoms with Gasteiger partial charge in [0.2, 0.25) is 5.95 Å². The highest BCUT2D eigenvalue weighted by Crippen LogP contribution is 2.27. The molecule has 1 aliphatic heterocycles.